The molecule has 0 saturated carbocycles. The van der Waals surface area contributed by atoms with Gasteiger partial charge < -0.3 is 5.32 Å². The van der Waals surface area contributed by atoms with Crippen LogP contribution in [-0.2, 0) is 19.9 Å². The number of anilines is 1. The van der Waals surface area contributed by atoms with Gasteiger partial charge in [0.15, 0.2) is 0 Å². The summed E-state index contributed by atoms with van der Waals surface area (Å²) in [6.07, 6.45) is 1.66. The number of nitrogens with one attached hydrogen (secondary N) is 2. The molecule has 3 heterocycles. The number of nitrogens with zero attached hydrogens (tertiary/aromatic N) is 1. The van der Waals surface area contributed by atoms with Crippen molar-refractivity contribution in [2.24, 2.45) is 11.8 Å². The Morgan fingerprint density at radius 1 is 1.23 bits per heavy atom. The minimum atomic E-state index is -1.23. The van der Waals surface area contributed by atoms with Gasteiger partial charge in [0.2, 0.25) is 17.7 Å². The third-order valence-corrected chi connectivity index (χ3v) is 6.19. The lowest BCUT2D eigenvalue weighted by Crippen LogP contribution is -2.53. The van der Waals surface area contributed by atoms with Crippen molar-refractivity contribution in [1.29, 1.82) is 0 Å². The van der Waals surface area contributed by atoms with Gasteiger partial charge in [0.05, 0.1) is 22.5 Å². The number of rotatable bonds is 3. The van der Waals surface area contributed by atoms with Crippen molar-refractivity contribution in [3.8, 4) is 0 Å². The van der Waals surface area contributed by atoms with Crippen LogP contribution in [0.15, 0.2) is 12.1 Å². The molecule has 3 amide bonds. The van der Waals surface area contributed by atoms with E-state index in [-0.39, 0.29) is 23.8 Å². The summed E-state index contributed by atoms with van der Waals surface area (Å²) in [6, 6.07) is 3.39. The van der Waals surface area contributed by atoms with Gasteiger partial charge in [-0.25, -0.2) is 0 Å². The topological polar surface area (TPSA) is 78.5 Å². The number of imide groups is 1. The number of fused-ring (bicyclic) bond motifs is 4. The first-order valence-corrected chi connectivity index (χ1v) is 9.45. The molecular formula is C19H22ClN3O3. The highest BCUT2D eigenvalue weighted by Crippen LogP contribution is 2.54. The lowest BCUT2D eigenvalue weighted by molar-refractivity contribution is -0.142. The smallest absolute Gasteiger partial charge is 0.250 e. The van der Waals surface area contributed by atoms with E-state index in [9.17, 15) is 14.4 Å². The molecule has 0 bridgehead atoms. The van der Waals surface area contributed by atoms with Crippen LogP contribution >= 0.6 is 11.6 Å². The molecule has 1 aromatic carbocycles. The Labute approximate surface area is 157 Å². The molecule has 4 unspecified atom stereocenters. The second-order valence-electron chi connectivity index (χ2n) is 7.55. The molecule has 0 aliphatic carbocycles. The maximum atomic E-state index is 13.2. The molecule has 2 N–H and O–H groups in total. The molecule has 3 aliphatic heterocycles. The van der Waals surface area contributed by atoms with Gasteiger partial charge in [-0.05, 0) is 31.9 Å². The Morgan fingerprint density at radius 3 is 2.65 bits per heavy atom. The number of likely N-dealkylation sites (tertiary alicyclic amines) is 1. The Hall–Kier alpha value is -1.92. The Bertz CT molecular complexity index is 840. The van der Waals surface area contributed by atoms with Crippen LogP contribution in [0.25, 0.3) is 0 Å². The number of hydrogen-bond acceptors (Lipinski definition) is 4. The summed E-state index contributed by atoms with van der Waals surface area (Å²) in [5, 5.41) is 6.57. The zero-order chi connectivity index (χ0) is 18.8. The van der Waals surface area contributed by atoms with Crippen LogP contribution in [0.3, 0.4) is 0 Å². The lowest BCUT2D eigenvalue weighted by atomic mass is 9.76. The van der Waals surface area contributed by atoms with Gasteiger partial charge in [-0.1, -0.05) is 31.0 Å². The van der Waals surface area contributed by atoms with Gasteiger partial charge in [-0.15, -0.1) is 0 Å². The minimum absolute atomic E-state index is 0.176. The normalized spacial score (nSPS) is 32.4. The average Bonchev–Trinajstić information content (AvgIpc) is 3.13. The van der Waals surface area contributed by atoms with E-state index >= 15 is 0 Å². The van der Waals surface area contributed by atoms with Crippen molar-refractivity contribution < 1.29 is 14.4 Å². The number of carbonyl (C=O) groups excluding carboxylic acids is 3. The molecule has 0 aromatic heterocycles. The zero-order valence-corrected chi connectivity index (χ0v) is 15.8. The largest absolute Gasteiger partial charge is 0.323 e. The van der Waals surface area contributed by atoms with Crippen LogP contribution in [-0.4, -0.2) is 35.2 Å². The standard InChI is InChI=1S/C19H22ClN3O3/c1-4-5-6-23-16(24)13-10(3)22-19(14(13)17(23)25)11-7-9(2)8-12(20)15(11)21-18(19)26/h7-8,10,13-14,22H,4-6H2,1-3H3,(H,21,26). The van der Waals surface area contributed by atoms with E-state index in [1.807, 2.05) is 26.8 Å². The number of halogens is 1. The second kappa shape index (κ2) is 5.79. The molecule has 3 aliphatic rings. The predicted octanol–water partition coefficient (Wildman–Crippen LogP) is 2.19. The van der Waals surface area contributed by atoms with Crippen molar-refractivity contribution in [2.75, 3.05) is 11.9 Å². The Kier molecular flexibility index (Phi) is 3.90. The molecule has 7 heteroatoms. The molecule has 6 nitrogen and oxygen atoms in total. The lowest BCUT2D eigenvalue weighted by Gasteiger charge is -2.29. The monoisotopic (exact) mass is 375 g/mol. The zero-order valence-electron chi connectivity index (χ0n) is 15.1. The number of carbonyl (C=O) groups is 3. The van der Waals surface area contributed by atoms with E-state index in [1.165, 1.54) is 4.90 Å². The van der Waals surface area contributed by atoms with E-state index < -0.39 is 17.4 Å². The second-order valence-corrected chi connectivity index (χ2v) is 7.96. The molecule has 0 radical (unpaired) electrons. The van der Waals surface area contributed by atoms with Crippen molar-refractivity contribution in [3.63, 3.8) is 0 Å². The fraction of sp³-hybridized carbons (Fsp3) is 0.526. The van der Waals surface area contributed by atoms with Crippen molar-refractivity contribution in [1.82, 2.24) is 10.2 Å². The SMILES string of the molecule is CCCCN1C(=O)C2C(C)NC3(C(=O)Nc4c(Cl)cc(C)cc43)C2C1=O. The van der Waals surface area contributed by atoms with Gasteiger partial charge in [0.25, 0.3) is 0 Å². The molecule has 2 saturated heterocycles. The summed E-state index contributed by atoms with van der Waals surface area (Å²) in [6.45, 7) is 6.19. The van der Waals surface area contributed by atoms with Gasteiger partial charge in [0.1, 0.15) is 5.54 Å². The van der Waals surface area contributed by atoms with Gasteiger partial charge >= 0.3 is 0 Å². The molecule has 1 aromatic rings. The molecule has 26 heavy (non-hydrogen) atoms. The summed E-state index contributed by atoms with van der Waals surface area (Å²) in [4.78, 5) is 40.5. The van der Waals surface area contributed by atoms with Crippen LogP contribution in [0.2, 0.25) is 5.02 Å². The number of unbranched alkanes of at least 4 members (excludes halogenated alkanes) is 1. The maximum Gasteiger partial charge on any atom is 0.250 e. The number of hydrogen-bond donors (Lipinski definition) is 2. The molecule has 4 rings (SSSR count). The van der Waals surface area contributed by atoms with Gasteiger partial charge in [-0.2, -0.15) is 0 Å². The number of benzene rings is 1. The summed E-state index contributed by atoms with van der Waals surface area (Å²) in [7, 11) is 0. The first-order valence-electron chi connectivity index (χ1n) is 9.08. The van der Waals surface area contributed by atoms with E-state index in [2.05, 4.69) is 10.6 Å². The predicted molar refractivity (Wildman–Crippen MR) is 97.7 cm³/mol. The highest BCUT2D eigenvalue weighted by Gasteiger charge is 2.69. The summed E-state index contributed by atoms with van der Waals surface area (Å²) >= 11 is 6.34. The van der Waals surface area contributed by atoms with E-state index in [0.717, 1.165) is 18.4 Å². The summed E-state index contributed by atoms with van der Waals surface area (Å²) in [5.74, 6) is -2.01. The van der Waals surface area contributed by atoms with Crippen LogP contribution in [0.5, 0.6) is 0 Å². The third-order valence-electron chi connectivity index (χ3n) is 5.89. The maximum absolute atomic E-state index is 13.2. The first-order chi connectivity index (χ1) is 12.3. The molecule has 138 valence electrons. The highest BCUT2D eigenvalue weighted by molar-refractivity contribution is 6.35. The van der Waals surface area contributed by atoms with Crippen molar-refractivity contribution in [3.05, 3.63) is 28.3 Å². The Morgan fingerprint density at radius 2 is 1.96 bits per heavy atom. The summed E-state index contributed by atoms with van der Waals surface area (Å²) in [5.41, 5.74) is 0.880. The number of aryl methyl sites for hydroxylation is 1. The number of amides is 3. The minimum Gasteiger partial charge on any atom is -0.323 e. The van der Waals surface area contributed by atoms with Crippen molar-refractivity contribution in [2.45, 2.75) is 45.2 Å². The Balaban J connectivity index is 1.86. The highest BCUT2D eigenvalue weighted by atomic mass is 35.5. The molecular weight excluding hydrogens is 354 g/mol. The fourth-order valence-corrected chi connectivity index (χ4v) is 5.07. The average molecular weight is 376 g/mol. The quantitative estimate of drug-likeness (QED) is 0.794. The van der Waals surface area contributed by atoms with Crippen molar-refractivity contribution >= 4 is 35.0 Å². The molecule has 1 spiro atoms. The van der Waals surface area contributed by atoms with E-state index in [4.69, 9.17) is 11.6 Å². The van der Waals surface area contributed by atoms with Gasteiger partial charge in [-0.3, -0.25) is 24.6 Å². The van der Waals surface area contributed by atoms with Crippen LogP contribution < -0.4 is 10.6 Å². The van der Waals surface area contributed by atoms with Gasteiger partial charge in [0, 0.05) is 18.2 Å². The summed E-state index contributed by atoms with van der Waals surface area (Å²) < 4.78 is 0. The fourth-order valence-electron chi connectivity index (χ4n) is 4.75. The first kappa shape index (κ1) is 17.5. The van der Waals surface area contributed by atoms with Crippen LogP contribution in [0, 0.1) is 18.8 Å². The molecule has 4 atom stereocenters. The van der Waals surface area contributed by atoms with Crippen LogP contribution in [0.4, 0.5) is 5.69 Å². The van der Waals surface area contributed by atoms with Crippen LogP contribution in [0.1, 0.15) is 37.8 Å². The van der Waals surface area contributed by atoms with E-state index in [1.54, 1.807) is 6.07 Å². The third kappa shape index (κ3) is 2.06. The molecule has 2 fully saturated rings. The van der Waals surface area contributed by atoms with E-state index in [0.29, 0.717) is 22.8 Å².